The second-order valence-corrected chi connectivity index (χ2v) is 33.4. The Labute approximate surface area is 723 Å². The molecule has 24 rings (SSSR count). The summed E-state index contributed by atoms with van der Waals surface area (Å²) in [5, 5.41) is 20.7. The summed E-state index contributed by atoms with van der Waals surface area (Å²) in [5.41, 5.74) is 29.1. The molecular formula is C114H72N8S2. The van der Waals surface area contributed by atoms with Crippen LogP contribution in [0.1, 0.15) is 0 Å². The van der Waals surface area contributed by atoms with E-state index >= 15 is 0 Å². The lowest BCUT2D eigenvalue weighted by Gasteiger charge is -2.12. The fraction of sp³-hybridized carbons (Fsp3) is 0. The minimum Gasteiger partial charge on any atom is -0.231 e. The summed E-state index contributed by atoms with van der Waals surface area (Å²) in [4.78, 5) is 20.8. The predicted molar refractivity (Wildman–Crippen MR) is 518 cm³/mol. The zero-order valence-electron chi connectivity index (χ0n) is 67.0. The quantitative estimate of drug-likeness (QED) is 0.108. The van der Waals surface area contributed by atoms with E-state index in [0.29, 0.717) is 11.6 Å². The maximum atomic E-state index is 5.41. The van der Waals surface area contributed by atoms with Gasteiger partial charge in [-0.1, -0.05) is 382 Å². The number of rotatable bonds is 14. The normalized spacial score (nSPS) is 11.5. The maximum absolute atomic E-state index is 5.41. The third-order valence-electron chi connectivity index (χ3n) is 23.7. The Kier molecular flexibility index (Phi) is 18.5. The van der Waals surface area contributed by atoms with Gasteiger partial charge in [0.05, 0.1) is 45.2 Å². The first kappa shape index (κ1) is 73.2. The second-order valence-electron chi connectivity index (χ2n) is 31.2. The lowest BCUT2D eigenvalue weighted by molar-refractivity contribution is 0.979. The van der Waals surface area contributed by atoms with Gasteiger partial charge in [0.15, 0.2) is 11.6 Å². The van der Waals surface area contributed by atoms with Crippen molar-refractivity contribution in [1.29, 1.82) is 0 Å². The molecular weight excluding hydrogens is 1550 g/mol. The van der Waals surface area contributed by atoms with Gasteiger partial charge in [0.25, 0.3) is 0 Å². The van der Waals surface area contributed by atoms with E-state index in [1.54, 1.807) is 0 Å². The summed E-state index contributed by atoms with van der Waals surface area (Å²) < 4.78 is 9.48. The monoisotopic (exact) mass is 1620 g/mol. The predicted octanol–water partition coefficient (Wildman–Crippen LogP) is 30.6. The number of benzene rings is 16. The van der Waals surface area contributed by atoms with Gasteiger partial charge in [0.1, 0.15) is 11.4 Å². The van der Waals surface area contributed by atoms with Crippen LogP contribution in [0.3, 0.4) is 0 Å². The van der Waals surface area contributed by atoms with Gasteiger partial charge in [-0.3, -0.25) is 0 Å². The van der Waals surface area contributed by atoms with E-state index in [0.717, 1.165) is 151 Å². The minimum atomic E-state index is 0.687. The second kappa shape index (κ2) is 31.3. The molecule has 24 aromatic rings. The summed E-state index contributed by atoms with van der Waals surface area (Å²) in [6.07, 6.45) is 0. The highest BCUT2D eigenvalue weighted by molar-refractivity contribution is 7.26. The van der Waals surface area contributed by atoms with Gasteiger partial charge in [-0.15, -0.1) is 22.7 Å². The molecule has 0 aliphatic rings. The van der Waals surface area contributed by atoms with E-state index in [1.165, 1.54) is 67.8 Å². The molecule has 0 fully saturated rings. The molecule has 16 aromatic carbocycles. The van der Waals surface area contributed by atoms with Crippen LogP contribution in [0.2, 0.25) is 0 Å². The molecule has 0 spiro atoms. The molecule has 0 radical (unpaired) electrons. The van der Waals surface area contributed by atoms with E-state index in [9.17, 15) is 0 Å². The SMILES string of the molecule is c1ccc(-c2nc(-c3ccc(-c4c(-c5ccccc5)nn5c(-c6ccccc6)cc6ccccc6c45)cc3)cc(-c3cccc(-c4cccc5sc6ccccc6c45)c3)n2)cc1.c1ccc(-c2nc(-c3ccc(-c4cccc5sc6ccccc6c45)cc3)cc(-c3ccc(-c4c(-c5ccccc5)nn5c(-c6ccccc6)cc6ccccc6c45)cc3)n2)cc1. The lowest BCUT2D eigenvalue weighted by atomic mass is 9.95. The smallest absolute Gasteiger partial charge is 0.160 e. The number of fused-ring (bicyclic) bond motifs is 12. The number of aromatic nitrogens is 8. The van der Waals surface area contributed by atoms with Crippen LogP contribution in [-0.2, 0) is 0 Å². The number of pyridine rings is 2. The van der Waals surface area contributed by atoms with Crippen LogP contribution in [0.4, 0.5) is 0 Å². The van der Waals surface area contributed by atoms with E-state index < -0.39 is 0 Å². The van der Waals surface area contributed by atoms with Gasteiger partial charge < -0.3 is 0 Å². The average Bonchev–Trinajstić information content (AvgIpc) is 1.57. The van der Waals surface area contributed by atoms with E-state index in [2.05, 4.69) is 409 Å². The topological polar surface area (TPSA) is 86.2 Å². The van der Waals surface area contributed by atoms with Gasteiger partial charge in [0.2, 0.25) is 0 Å². The van der Waals surface area contributed by atoms with Crippen molar-refractivity contribution < 1.29 is 0 Å². The highest BCUT2D eigenvalue weighted by Gasteiger charge is 2.26. The molecule has 0 aliphatic heterocycles. The van der Waals surface area contributed by atoms with E-state index in [-0.39, 0.29) is 0 Å². The van der Waals surface area contributed by atoms with Crippen molar-refractivity contribution in [3.05, 3.63) is 437 Å². The average molecular weight is 1620 g/mol. The molecule has 124 heavy (non-hydrogen) atoms. The van der Waals surface area contributed by atoms with Crippen LogP contribution < -0.4 is 0 Å². The minimum absolute atomic E-state index is 0.687. The molecule has 0 unspecified atom stereocenters. The Bertz CT molecular complexity index is 8170. The van der Waals surface area contributed by atoms with Gasteiger partial charge in [-0.25, -0.2) is 29.0 Å². The highest BCUT2D eigenvalue weighted by Crippen LogP contribution is 2.48. The Morgan fingerprint density at radius 1 is 0.194 bits per heavy atom. The summed E-state index contributed by atoms with van der Waals surface area (Å²) in [7, 11) is 0. The Morgan fingerprint density at radius 2 is 0.492 bits per heavy atom. The number of hydrogen-bond donors (Lipinski definition) is 0. The number of thiophene rings is 2. The molecule has 0 saturated heterocycles. The fourth-order valence-electron chi connectivity index (χ4n) is 17.8. The molecule has 8 nitrogen and oxygen atoms in total. The highest BCUT2D eigenvalue weighted by atomic mass is 32.1. The van der Waals surface area contributed by atoms with Crippen LogP contribution in [0, 0.1) is 0 Å². The van der Waals surface area contributed by atoms with Crippen molar-refractivity contribution in [2.45, 2.75) is 0 Å². The molecule has 0 N–H and O–H groups in total. The standard InChI is InChI=1S/2C57H36N4S/c1-4-16-38(17-5-1)50-35-43-22-10-11-25-46(43)56-53(55(60-61(50)56)40-18-6-2-7-19-40)39-32-30-37(31-33-39)48-36-49(59-57(58-48)41-20-8-3-9-21-41)44-24-14-23-42(34-44)45-27-15-29-52-54(45)47-26-12-13-28-51(47)62-52;1-4-15-40(16-5-1)50-35-44-21-10-11-22-46(44)56-53(55(60-61(50)56)42-17-6-2-7-18-42)41-33-31-39(32-34-41)49-36-48(58-57(59-49)43-19-8-3-9-20-43)38-29-27-37(28-30-38)45-24-14-26-52-54(45)47-23-12-13-25-51(47)62-52/h2*1-36H. The van der Waals surface area contributed by atoms with Crippen LogP contribution in [0.5, 0.6) is 0 Å². The summed E-state index contributed by atoms with van der Waals surface area (Å²) in [5.74, 6) is 1.38. The lowest BCUT2D eigenvalue weighted by Crippen LogP contribution is -1.96. The van der Waals surface area contributed by atoms with Crippen molar-refractivity contribution in [3.8, 4) is 157 Å². The van der Waals surface area contributed by atoms with Gasteiger partial charge >= 0.3 is 0 Å². The molecule has 0 atom stereocenters. The fourth-order valence-corrected chi connectivity index (χ4v) is 20.0. The zero-order valence-corrected chi connectivity index (χ0v) is 68.6. The third-order valence-corrected chi connectivity index (χ3v) is 26.0. The molecule has 580 valence electrons. The van der Waals surface area contributed by atoms with Crippen molar-refractivity contribution in [3.63, 3.8) is 0 Å². The first-order valence-electron chi connectivity index (χ1n) is 41.7. The summed E-state index contributed by atoms with van der Waals surface area (Å²) in [6.45, 7) is 0. The Balaban J connectivity index is 0.000000143. The molecule has 0 aliphatic carbocycles. The molecule has 0 saturated carbocycles. The molecule has 10 heteroatoms. The van der Waals surface area contributed by atoms with Crippen LogP contribution in [0.15, 0.2) is 437 Å². The largest absolute Gasteiger partial charge is 0.231 e. The number of nitrogens with zero attached hydrogens (tertiary/aromatic N) is 8. The third kappa shape index (κ3) is 13.3. The first-order valence-corrected chi connectivity index (χ1v) is 43.3. The van der Waals surface area contributed by atoms with E-state index in [4.69, 9.17) is 30.1 Å². The van der Waals surface area contributed by atoms with Crippen molar-refractivity contribution in [2.75, 3.05) is 0 Å². The van der Waals surface area contributed by atoms with Gasteiger partial charge in [-0.2, -0.15) is 10.2 Å². The van der Waals surface area contributed by atoms with Crippen LogP contribution in [-0.4, -0.2) is 39.2 Å². The Morgan fingerprint density at radius 3 is 0.903 bits per heavy atom. The zero-order chi connectivity index (χ0) is 82.0. The van der Waals surface area contributed by atoms with Crippen LogP contribution in [0.25, 0.3) is 230 Å². The molecule has 0 bridgehead atoms. The molecule has 8 heterocycles. The first-order chi connectivity index (χ1) is 61.5. The van der Waals surface area contributed by atoms with E-state index in [1.807, 2.05) is 59.1 Å². The van der Waals surface area contributed by atoms with Crippen molar-refractivity contribution >= 4 is 95.6 Å². The maximum Gasteiger partial charge on any atom is 0.160 e. The number of hydrogen-bond acceptors (Lipinski definition) is 8. The molecule has 8 aromatic heterocycles. The van der Waals surface area contributed by atoms with Crippen LogP contribution >= 0.6 is 22.7 Å². The summed E-state index contributed by atoms with van der Waals surface area (Å²) >= 11 is 3.69. The molecule has 0 amide bonds. The van der Waals surface area contributed by atoms with Gasteiger partial charge in [-0.05, 0) is 98.8 Å². The summed E-state index contributed by atoms with van der Waals surface area (Å²) in [6, 6.07) is 155. The van der Waals surface area contributed by atoms with Gasteiger partial charge in [0, 0.05) is 118 Å². The Hall–Kier alpha value is -16.0. The van der Waals surface area contributed by atoms with Crippen molar-refractivity contribution in [1.82, 2.24) is 39.2 Å². The van der Waals surface area contributed by atoms with Crippen molar-refractivity contribution in [2.24, 2.45) is 0 Å².